The van der Waals surface area contributed by atoms with Crippen molar-refractivity contribution in [2.75, 3.05) is 6.54 Å². The molecule has 8 heteroatoms. The molecule has 0 aliphatic rings. The molecule has 0 saturated heterocycles. The third kappa shape index (κ3) is 4.46. The first-order valence-corrected chi connectivity index (χ1v) is 9.53. The highest BCUT2D eigenvalue weighted by molar-refractivity contribution is 6.35. The summed E-state index contributed by atoms with van der Waals surface area (Å²) in [5, 5.41) is 1.32. The van der Waals surface area contributed by atoms with E-state index in [9.17, 15) is 9.59 Å². The SMILES string of the molecule is CCN(Cc1nc2ccccc2c(=O)[nH]1)C(=O)C(C)Oc1ccc(Cl)cc1Cl. The van der Waals surface area contributed by atoms with Crippen molar-refractivity contribution in [1.82, 2.24) is 14.9 Å². The van der Waals surface area contributed by atoms with Crippen LogP contribution in [0.4, 0.5) is 0 Å². The lowest BCUT2D eigenvalue weighted by atomic mass is 10.2. The van der Waals surface area contributed by atoms with Crippen molar-refractivity contribution in [2.24, 2.45) is 0 Å². The average molecular weight is 420 g/mol. The van der Waals surface area contributed by atoms with Gasteiger partial charge in [0.2, 0.25) is 0 Å². The van der Waals surface area contributed by atoms with E-state index < -0.39 is 6.10 Å². The maximum Gasteiger partial charge on any atom is 0.263 e. The van der Waals surface area contributed by atoms with E-state index in [0.29, 0.717) is 39.1 Å². The lowest BCUT2D eigenvalue weighted by Crippen LogP contribution is -2.40. The summed E-state index contributed by atoms with van der Waals surface area (Å²) < 4.78 is 5.70. The largest absolute Gasteiger partial charge is 0.479 e. The molecule has 1 N–H and O–H groups in total. The Hall–Kier alpha value is -2.57. The number of carbonyl (C=O) groups is 1. The topological polar surface area (TPSA) is 75.3 Å². The van der Waals surface area contributed by atoms with Gasteiger partial charge in [-0.3, -0.25) is 9.59 Å². The minimum atomic E-state index is -0.772. The monoisotopic (exact) mass is 419 g/mol. The molecule has 0 saturated carbocycles. The summed E-state index contributed by atoms with van der Waals surface area (Å²) in [4.78, 5) is 33.8. The molecule has 0 spiro atoms. The van der Waals surface area contributed by atoms with Gasteiger partial charge in [-0.15, -0.1) is 0 Å². The van der Waals surface area contributed by atoms with Crippen molar-refractivity contribution < 1.29 is 9.53 Å². The summed E-state index contributed by atoms with van der Waals surface area (Å²) in [5.74, 6) is 0.542. The van der Waals surface area contributed by atoms with E-state index in [1.54, 1.807) is 48.2 Å². The molecule has 1 atom stereocenters. The Morgan fingerprint density at radius 2 is 2.00 bits per heavy atom. The number of rotatable bonds is 6. The molecule has 1 unspecified atom stereocenters. The molecule has 3 aromatic rings. The highest BCUT2D eigenvalue weighted by Gasteiger charge is 2.23. The van der Waals surface area contributed by atoms with Crippen LogP contribution in [0.25, 0.3) is 10.9 Å². The number of para-hydroxylation sites is 1. The Labute approximate surface area is 172 Å². The molecule has 1 aromatic heterocycles. The van der Waals surface area contributed by atoms with Gasteiger partial charge in [0.05, 0.1) is 22.5 Å². The summed E-state index contributed by atoms with van der Waals surface area (Å²) >= 11 is 12.0. The summed E-state index contributed by atoms with van der Waals surface area (Å²) in [6.45, 7) is 4.08. The number of nitrogens with zero attached hydrogens (tertiary/aromatic N) is 2. The number of amides is 1. The molecule has 1 amide bonds. The molecular formula is C20H19Cl2N3O3. The van der Waals surface area contributed by atoms with Crippen LogP contribution in [-0.2, 0) is 11.3 Å². The molecule has 146 valence electrons. The standard InChI is InChI=1S/C20H19Cl2N3O3/c1-3-25(11-18-23-16-7-5-4-6-14(16)19(26)24-18)20(27)12(2)28-17-9-8-13(21)10-15(17)22/h4-10,12H,3,11H2,1-2H3,(H,23,24,26). The summed E-state index contributed by atoms with van der Waals surface area (Å²) in [6, 6.07) is 11.9. The van der Waals surface area contributed by atoms with E-state index in [-0.39, 0.29) is 18.0 Å². The van der Waals surface area contributed by atoms with Gasteiger partial charge in [0.1, 0.15) is 11.6 Å². The van der Waals surface area contributed by atoms with Gasteiger partial charge < -0.3 is 14.6 Å². The molecule has 2 aromatic carbocycles. The molecular weight excluding hydrogens is 401 g/mol. The van der Waals surface area contributed by atoms with Crippen LogP contribution in [0.2, 0.25) is 10.0 Å². The second kappa shape index (κ2) is 8.63. The summed E-state index contributed by atoms with van der Waals surface area (Å²) in [6.07, 6.45) is -0.772. The number of likely N-dealkylation sites (N-methyl/N-ethyl adjacent to an activating group) is 1. The van der Waals surface area contributed by atoms with E-state index in [2.05, 4.69) is 9.97 Å². The Bertz CT molecular complexity index is 1070. The van der Waals surface area contributed by atoms with E-state index >= 15 is 0 Å². The zero-order valence-corrected chi connectivity index (χ0v) is 16.9. The fourth-order valence-electron chi connectivity index (χ4n) is 2.80. The van der Waals surface area contributed by atoms with Crippen LogP contribution < -0.4 is 10.3 Å². The van der Waals surface area contributed by atoms with E-state index in [1.807, 2.05) is 13.0 Å². The Kier molecular flexibility index (Phi) is 6.21. The molecule has 0 aliphatic heterocycles. The van der Waals surface area contributed by atoms with E-state index in [4.69, 9.17) is 27.9 Å². The first kappa shape index (κ1) is 20.2. The zero-order chi connectivity index (χ0) is 20.3. The number of fused-ring (bicyclic) bond motifs is 1. The minimum absolute atomic E-state index is 0.164. The number of carbonyl (C=O) groups excluding carboxylic acids is 1. The number of hydrogen-bond acceptors (Lipinski definition) is 4. The number of halogens is 2. The molecule has 28 heavy (non-hydrogen) atoms. The van der Waals surface area contributed by atoms with E-state index in [1.165, 1.54) is 0 Å². The maximum absolute atomic E-state index is 12.8. The molecule has 0 radical (unpaired) electrons. The zero-order valence-electron chi connectivity index (χ0n) is 15.4. The summed E-state index contributed by atoms with van der Waals surface area (Å²) in [5.41, 5.74) is 0.350. The van der Waals surface area contributed by atoms with Gasteiger partial charge in [-0.05, 0) is 44.2 Å². The highest BCUT2D eigenvalue weighted by Crippen LogP contribution is 2.28. The maximum atomic E-state index is 12.8. The third-order valence-electron chi connectivity index (χ3n) is 4.24. The second-order valence-electron chi connectivity index (χ2n) is 6.22. The number of benzene rings is 2. The molecule has 0 bridgehead atoms. The molecule has 0 aliphatic carbocycles. The van der Waals surface area contributed by atoms with Gasteiger partial charge in [0, 0.05) is 11.6 Å². The van der Waals surface area contributed by atoms with Gasteiger partial charge in [-0.25, -0.2) is 4.98 Å². The van der Waals surface area contributed by atoms with Crippen LogP contribution in [0.1, 0.15) is 19.7 Å². The van der Waals surface area contributed by atoms with Crippen molar-refractivity contribution >= 4 is 40.0 Å². The molecule has 1 heterocycles. The quantitative estimate of drug-likeness (QED) is 0.653. The Morgan fingerprint density at radius 1 is 1.25 bits per heavy atom. The number of ether oxygens (including phenoxy) is 1. The van der Waals surface area contributed by atoms with Gasteiger partial charge in [0.15, 0.2) is 6.10 Å². The number of aromatic amines is 1. The third-order valence-corrected chi connectivity index (χ3v) is 4.77. The first-order valence-electron chi connectivity index (χ1n) is 8.77. The van der Waals surface area contributed by atoms with Crippen molar-refractivity contribution in [3.8, 4) is 5.75 Å². The predicted molar refractivity (Wildman–Crippen MR) is 110 cm³/mol. The van der Waals surface area contributed by atoms with Crippen molar-refractivity contribution in [3.05, 3.63) is 68.7 Å². The van der Waals surface area contributed by atoms with Crippen molar-refractivity contribution in [2.45, 2.75) is 26.5 Å². The summed E-state index contributed by atoms with van der Waals surface area (Å²) in [7, 11) is 0. The number of hydrogen-bond donors (Lipinski definition) is 1. The first-order chi connectivity index (χ1) is 13.4. The minimum Gasteiger partial charge on any atom is -0.479 e. The normalized spacial score (nSPS) is 12.0. The fourth-order valence-corrected chi connectivity index (χ4v) is 3.26. The molecule has 3 rings (SSSR count). The van der Waals surface area contributed by atoms with Gasteiger partial charge in [-0.2, -0.15) is 0 Å². The second-order valence-corrected chi connectivity index (χ2v) is 7.06. The molecule has 0 fully saturated rings. The van der Waals surface area contributed by atoms with Crippen LogP contribution in [0.5, 0.6) is 5.75 Å². The van der Waals surface area contributed by atoms with Crippen LogP contribution >= 0.6 is 23.2 Å². The lowest BCUT2D eigenvalue weighted by molar-refractivity contribution is -0.138. The Morgan fingerprint density at radius 3 is 2.71 bits per heavy atom. The molecule has 6 nitrogen and oxygen atoms in total. The van der Waals surface area contributed by atoms with Gasteiger partial charge in [0.25, 0.3) is 11.5 Å². The number of nitrogens with one attached hydrogen (secondary N) is 1. The number of H-pyrrole nitrogens is 1. The van der Waals surface area contributed by atoms with Crippen LogP contribution in [-0.4, -0.2) is 33.4 Å². The van der Waals surface area contributed by atoms with E-state index in [0.717, 1.165) is 0 Å². The fraction of sp³-hybridized carbons (Fsp3) is 0.250. The van der Waals surface area contributed by atoms with Crippen LogP contribution in [0, 0.1) is 0 Å². The lowest BCUT2D eigenvalue weighted by Gasteiger charge is -2.24. The Balaban J connectivity index is 1.77. The van der Waals surface area contributed by atoms with Crippen LogP contribution in [0.15, 0.2) is 47.3 Å². The number of aromatic nitrogens is 2. The van der Waals surface area contributed by atoms with Crippen molar-refractivity contribution in [1.29, 1.82) is 0 Å². The smallest absolute Gasteiger partial charge is 0.263 e. The van der Waals surface area contributed by atoms with Gasteiger partial charge in [-0.1, -0.05) is 35.3 Å². The van der Waals surface area contributed by atoms with Crippen molar-refractivity contribution in [3.63, 3.8) is 0 Å². The van der Waals surface area contributed by atoms with Crippen LogP contribution in [0.3, 0.4) is 0 Å². The highest BCUT2D eigenvalue weighted by atomic mass is 35.5. The average Bonchev–Trinajstić information content (AvgIpc) is 2.67. The predicted octanol–water partition coefficient (Wildman–Crippen LogP) is 4.05. The van der Waals surface area contributed by atoms with Gasteiger partial charge >= 0.3 is 0 Å².